The first-order valence-corrected chi connectivity index (χ1v) is 7.86. The molecule has 1 aromatic carbocycles. The van der Waals surface area contributed by atoms with Crippen molar-refractivity contribution in [3.8, 4) is 5.75 Å². The molecule has 1 amide bonds. The predicted molar refractivity (Wildman–Crippen MR) is 92.5 cm³/mol. The minimum atomic E-state index is 0. The Balaban J connectivity index is 0.00000264. The maximum Gasteiger partial charge on any atom is 0.220 e. The van der Waals surface area contributed by atoms with Gasteiger partial charge in [-0.15, -0.1) is 12.4 Å². The van der Waals surface area contributed by atoms with Gasteiger partial charge in [-0.25, -0.2) is 0 Å². The molecule has 0 aromatic heterocycles. The molecule has 1 saturated heterocycles. The molecule has 0 radical (unpaired) electrons. The summed E-state index contributed by atoms with van der Waals surface area (Å²) in [6, 6.07) is 7.47. The Morgan fingerprint density at radius 3 is 2.61 bits per heavy atom. The van der Waals surface area contributed by atoms with Gasteiger partial charge in [-0.05, 0) is 50.1 Å². The van der Waals surface area contributed by atoms with Gasteiger partial charge in [-0.3, -0.25) is 9.59 Å². The number of halogens is 1. The lowest BCUT2D eigenvalue weighted by molar-refractivity contribution is -0.121. The van der Waals surface area contributed by atoms with Gasteiger partial charge in [0.1, 0.15) is 5.75 Å². The van der Waals surface area contributed by atoms with E-state index >= 15 is 0 Å². The van der Waals surface area contributed by atoms with E-state index in [9.17, 15) is 9.59 Å². The van der Waals surface area contributed by atoms with E-state index < -0.39 is 0 Å². The predicted octanol–water partition coefficient (Wildman–Crippen LogP) is 2.34. The van der Waals surface area contributed by atoms with E-state index in [1.165, 1.54) is 6.42 Å². The second-order valence-corrected chi connectivity index (χ2v) is 5.60. The first-order valence-electron chi connectivity index (χ1n) is 7.86. The average Bonchev–Trinajstić information content (AvgIpc) is 3.06. The third-order valence-corrected chi connectivity index (χ3v) is 3.93. The highest BCUT2D eigenvalue weighted by molar-refractivity contribution is 5.96. The van der Waals surface area contributed by atoms with E-state index in [0.29, 0.717) is 37.4 Å². The molecular formula is C17H25ClN2O3. The fourth-order valence-corrected chi connectivity index (χ4v) is 2.59. The van der Waals surface area contributed by atoms with Crippen LogP contribution in [0.5, 0.6) is 5.75 Å². The van der Waals surface area contributed by atoms with Crippen molar-refractivity contribution < 1.29 is 14.3 Å². The summed E-state index contributed by atoms with van der Waals surface area (Å²) in [5.74, 6) is 0.820. The quantitative estimate of drug-likeness (QED) is 0.713. The van der Waals surface area contributed by atoms with Crippen molar-refractivity contribution in [3.05, 3.63) is 29.8 Å². The lowest BCUT2D eigenvalue weighted by atomic mass is 10.1. The number of ether oxygens (including phenoxy) is 1. The normalized spacial score (nSPS) is 16.5. The Labute approximate surface area is 143 Å². The molecule has 5 nitrogen and oxygen atoms in total. The van der Waals surface area contributed by atoms with Crippen LogP contribution >= 0.6 is 12.4 Å². The van der Waals surface area contributed by atoms with Crippen LogP contribution in [0, 0.1) is 0 Å². The molecule has 23 heavy (non-hydrogen) atoms. The second kappa shape index (κ2) is 10.2. The summed E-state index contributed by atoms with van der Waals surface area (Å²) >= 11 is 0. The number of ketones is 1. The number of amides is 1. The maximum atomic E-state index is 12.0. The molecule has 1 aliphatic heterocycles. The van der Waals surface area contributed by atoms with Gasteiger partial charge in [0.05, 0.1) is 7.11 Å². The van der Waals surface area contributed by atoms with Gasteiger partial charge < -0.3 is 15.4 Å². The van der Waals surface area contributed by atoms with Gasteiger partial charge in [0.2, 0.25) is 5.91 Å². The van der Waals surface area contributed by atoms with E-state index in [2.05, 4.69) is 10.6 Å². The van der Waals surface area contributed by atoms with Crippen LogP contribution in [-0.4, -0.2) is 37.9 Å². The number of Topliss-reactive ketones (excluding diaryl/α,β-unsaturated/α-hetero) is 1. The number of hydrogen-bond donors (Lipinski definition) is 2. The highest BCUT2D eigenvalue weighted by atomic mass is 35.5. The Morgan fingerprint density at radius 2 is 2.00 bits per heavy atom. The van der Waals surface area contributed by atoms with Crippen molar-refractivity contribution in [3.63, 3.8) is 0 Å². The second-order valence-electron chi connectivity index (χ2n) is 5.60. The molecule has 1 heterocycles. The van der Waals surface area contributed by atoms with Crippen molar-refractivity contribution in [2.24, 2.45) is 0 Å². The molecule has 1 fully saturated rings. The summed E-state index contributed by atoms with van der Waals surface area (Å²) in [4.78, 5) is 23.7. The largest absolute Gasteiger partial charge is 0.497 e. The summed E-state index contributed by atoms with van der Waals surface area (Å²) in [5.41, 5.74) is 0.663. The smallest absolute Gasteiger partial charge is 0.220 e. The first kappa shape index (κ1) is 19.5. The van der Waals surface area contributed by atoms with Crippen LogP contribution in [0.4, 0.5) is 0 Å². The summed E-state index contributed by atoms with van der Waals surface area (Å²) in [6.07, 6.45) is 3.66. The lowest BCUT2D eigenvalue weighted by Gasteiger charge is -2.11. The molecule has 2 rings (SSSR count). The number of carbonyl (C=O) groups is 2. The number of benzene rings is 1. The number of carbonyl (C=O) groups excluding carboxylic acids is 2. The number of nitrogens with one attached hydrogen (secondary N) is 2. The van der Waals surface area contributed by atoms with Gasteiger partial charge in [0.15, 0.2) is 5.78 Å². The zero-order valence-corrected chi connectivity index (χ0v) is 14.3. The molecule has 128 valence electrons. The Hall–Kier alpha value is -1.59. The molecular weight excluding hydrogens is 316 g/mol. The number of hydrogen-bond acceptors (Lipinski definition) is 4. The van der Waals surface area contributed by atoms with Crippen LogP contribution in [0.15, 0.2) is 24.3 Å². The monoisotopic (exact) mass is 340 g/mol. The zero-order chi connectivity index (χ0) is 15.8. The molecule has 0 spiro atoms. The molecule has 1 aromatic rings. The van der Waals surface area contributed by atoms with Crippen LogP contribution in [0.2, 0.25) is 0 Å². The van der Waals surface area contributed by atoms with E-state index in [1.54, 1.807) is 31.4 Å². The van der Waals surface area contributed by atoms with Crippen LogP contribution in [0.1, 0.15) is 42.5 Å². The highest BCUT2D eigenvalue weighted by Crippen LogP contribution is 2.13. The van der Waals surface area contributed by atoms with Crippen LogP contribution < -0.4 is 15.4 Å². The topological polar surface area (TPSA) is 67.4 Å². The van der Waals surface area contributed by atoms with Crippen molar-refractivity contribution >= 4 is 24.1 Å². The van der Waals surface area contributed by atoms with Crippen molar-refractivity contribution in [2.75, 3.05) is 20.2 Å². The van der Waals surface area contributed by atoms with Crippen LogP contribution in [0.25, 0.3) is 0 Å². The molecule has 0 saturated carbocycles. The fourth-order valence-electron chi connectivity index (χ4n) is 2.59. The van der Waals surface area contributed by atoms with Crippen LogP contribution in [0.3, 0.4) is 0 Å². The van der Waals surface area contributed by atoms with Gasteiger partial charge >= 0.3 is 0 Å². The van der Waals surface area contributed by atoms with E-state index in [0.717, 1.165) is 18.7 Å². The molecule has 2 N–H and O–H groups in total. The lowest BCUT2D eigenvalue weighted by Crippen LogP contribution is -2.37. The van der Waals surface area contributed by atoms with Crippen molar-refractivity contribution in [1.29, 1.82) is 0 Å². The van der Waals surface area contributed by atoms with Crippen molar-refractivity contribution in [1.82, 2.24) is 10.6 Å². The van der Waals surface area contributed by atoms with E-state index in [4.69, 9.17) is 4.74 Å². The van der Waals surface area contributed by atoms with Gasteiger partial charge in [0, 0.05) is 31.0 Å². The fraction of sp³-hybridized carbons (Fsp3) is 0.529. The molecule has 1 unspecified atom stereocenters. The summed E-state index contributed by atoms with van der Waals surface area (Å²) in [6.45, 7) is 1.72. The minimum absolute atomic E-state index is 0. The summed E-state index contributed by atoms with van der Waals surface area (Å²) in [7, 11) is 1.59. The first-order chi connectivity index (χ1) is 10.7. The van der Waals surface area contributed by atoms with E-state index in [1.807, 2.05) is 0 Å². The average molecular weight is 341 g/mol. The number of methoxy groups -OCH3 is 1. The molecule has 1 atom stereocenters. The highest BCUT2D eigenvalue weighted by Gasteiger charge is 2.14. The summed E-state index contributed by atoms with van der Waals surface area (Å²) in [5, 5.41) is 6.26. The van der Waals surface area contributed by atoms with Crippen molar-refractivity contribution in [2.45, 2.75) is 38.1 Å². The van der Waals surface area contributed by atoms with Gasteiger partial charge in [0.25, 0.3) is 0 Å². The maximum absolute atomic E-state index is 12.0. The molecule has 1 aliphatic rings. The summed E-state index contributed by atoms with van der Waals surface area (Å²) < 4.78 is 5.06. The molecule has 0 aliphatic carbocycles. The third kappa shape index (κ3) is 6.59. The number of rotatable bonds is 8. The Bertz CT molecular complexity index is 499. The SMILES string of the molecule is COc1ccc(C(=O)CCCC(=O)NCC2CCCN2)cc1.Cl. The van der Waals surface area contributed by atoms with Gasteiger partial charge in [-0.1, -0.05) is 0 Å². The standard InChI is InChI=1S/C17H24N2O3.ClH/c1-22-15-9-7-13(8-10-15)16(20)5-2-6-17(21)19-12-14-4-3-11-18-14;/h7-10,14,18H,2-6,11-12H2,1H3,(H,19,21);1H. The minimum Gasteiger partial charge on any atom is -0.497 e. The van der Waals surface area contributed by atoms with Gasteiger partial charge in [-0.2, -0.15) is 0 Å². The van der Waals surface area contributed by atoms with Crippen LogP contribution in [-0.2, 0) is 4.79 Å². The third-order valence-electron chi connectivity index (χ3n) is 3.93. The Morgan fingerprint density at radius 1 is 1.26 bits per heavy atom. The molecule has 0 bridgehead atoms. The zero-order valence-electron chi connectivity index (χ0n) is 13.5. The molecule has 6 heteroatoms. The van der Waals surface area contributed by atoms with E-state index in [-0.39, 0.29) is 24.1 Å². The Kier molecular flexibility index (Phi) is 8.66.